The Labute approximate surface area is 110 Å². The highest BCUT2D eigenvalue weighted by molar-refractivity contribution is 7.99. The minimum atomic E-state index is 0.414. The van der Waals surface area contributed by atoms with Crippen LogP contribution in [0.1, 0.15) is 0 Å². The molecule has 2 rings (SSSR count). The number of halogens is 1. The summed E-state index contributed by atoms with van der Waals surface area (Å²) < 4.78 is 5.54. The van der Waals surface area contributed by atoms with E-state index >= 15 is 0 Å². The van der Waals surface area contributed by atoms with Crippen LogP contribution in [-0.2, 0) is 0 Å². The van der Waals surface area contributed by atoms with Gasteiger partial charge in [-0.3, -0.25) is 0 Å². The number of thioether (sulfide) groups is 1. The van der Waals surface area contributed by atoms with Gasteiger partial charge in [-0.2, -0.15) is 0 Å². The van der Waals surface area contributed by atoms with Gasteiger partial charge in [-0.1, -0.05) is 29.8 Å². The largest absolute Gasteiger partial charge is 0.489 e. The quantitative estimate of drug-likeness (QED) is 0.465. The number of aromatic nitrogens is 1. The van der Waals surface area contributed by atoms with Crippen LogP contribution in [0.4, 0.5) is 0 Å². The summed E-state index contributed by atoms with van der Waals surface area (Å²) in [5, 5.41) is 0.414. The van der Waals surface area contributed by atoms with Crippen molar-refractivity contribution in [1.29, 1.82) is 0 Å². The van der Waals surface area contributed by atoms with Crippen molar-refractivity contribution in [1.82, 2.24) is 4.98 Å². The van der Waals surface area contributed by atoms with E-state index in [1.807, 2.05) is 30.3 Å². The zero-order valence-corrected chi connectivity index (χ0v) is 10.7. The molecule has 0 bridgehead atoms. The van der Waals surface area contributed by atoms with Gasteiger partial charge in [0.25, 0.3) is 0 Å². The first-order valence-electron chi connectivity index (χ1n) is 5.27. The van der Waals surface area contributed by atoms with E-state index in [0.29, 0.717) is 17.5 Å². The third-order valence-corrected chi connectivity index (χ3v) is 3.34. The highest BCUT2D eigenvalue weighted by atomic mass is 35.5. The van der Waals surface area contributed by atoms with Crippen LogP contribution in [0.15, 0.2) is 53.6 Å². The topological polar surface area (TPSA) is 22.1 Å². The first kappa shape index (κ1) is 12.3. The lowest BCUT2D eigenvalue weighted by atomic mass is 10.4. The first-order valence-corrected chi connectivity index (χ1v) is 6.64. The molecule has 2 nitrogen and oxygen atoms in total. The molecule has 17 heavy (non-hydrogen) atoms. The lowest BCUT2D eigenvalue weighted by molar-refractivity contribution is 0.343. The highest BCUT2D eigenvalue weighted by Crippen LogP contribution is 2.21. The van der Waals surface area contributed by atoms with Gasteiger partial charge in [0.15, 0.2) is 10.9 Å². The van der Waals surface area contributed by atoms with Gasteiger partial charge in [-0.05, 0) is 24.3 Å². The zero-order valence-electron chi connectivity index (χ0n) is 9.17. The normalized spacial score (nSPS) is 10.2. The Morgan fingerprint density at radius 2 is 1.94 bits per heavy atom. The smallest absolute Gasteiger partial charge is 0.171 e. The number of benzene rings is 1. The van der Waals surface area contributed by atoms with Crippen LogP contribution in [0.3, 0.4) is 0 Å². The van der Waals surface area contributed by atoms with E-state index in [9.17, 15) is 0 Å². The summed E-state index contributed by atoms with van der Waals surface area (Å²) in [6.45, 7) is 0.616. The number of hydrogen-bond donors (Lipinski definition) is 0. The monoisotopic (exact) mass is 265 g/mol. The van der Waals surface area contributed by atoms with E-state index < -0.39 is 0 Å². The summed E-state index contributed by atoms with van der Waals surface area (Å²) in [4.78, 5) is 5.19. The fraction of sp³-hybridized carbons (Fsp3) is 0.154. The lowest BCUT2D eigenvalue weighted by Gasteiger charge is -2.06. The maximum Gasteiger partial charge on any atom is 0.171 e. The second-order valence-electron chi connectivity index (χ2n) is 3.30. The average Bonchev–Trinajstić information content (AvgIpc) is 2.38. The van der Waals surface area contributed by atoms with Gasteiger partial charge in [0.2, 0.25) is 0 Å². The lowest BCUT2D eigenvalue weighted by Crippen LogP contribution is -2.00. The van der Waals surface area contributed by atoms with E-state index in [-0.39, 0.29) is 0 Å². The summed E-state index contributed by atoms with van der Waals surface area (Å²) in [6, 6.07) is 13.9. The van der Waals surface area contributed by atoms with E-state index in [1.54, 1.807) is 18.0 Å². The van der Waals surface area contributed by atoms with Gasteiger partial charge in [-0.15, -0.1) is 11.8 Å². The zero-order chi connectivity index (χ0) is 11.9. The van der Waals surface area contributed by atoms with Crippen LogP contribution in [-0.4, -0.2) is 17.3 Å². The Balaban J connectivity index is 1.76. The van der Waals surface area contributed by atoms with Gasteiger partial charge >= 0.3 is 0 Å². The molecule has 0 atom stereocenters. The molecule has 1 aromatic heterocycles. The number of nitrogens with zero attached hydrogens (tertiary/aromatic N) is 1. The Hall–Kier alpha value is -1.19. The molecule has 0 unspecified atom stereocenters. The van der Waals surface area contributed by atoms with Crippen molar-refractivity contribution in [3.63, 3.8) is 0 Å². The Kier molecular flexibility index (Phi) is 4.71. The molecule has 0 saturated heterocycles. The molecule has 2 aromatic rings. The fourth-order valence-electron chi connectivity index (χ4n) is 1.31. The first-order chi connectivity index (χ1) is 8.36. The summed E-state index contributed by atoms with van der Waals surface area (Å²) in [6.07, 6.45) is 1.65. The average molecular weight is 266 g/mol. The van der Waals surface area contributed by atoms with Gasteiger partial charge in [0.05, 0.1) is 6.61 Å². The molecule has 4 heteroatoms. The highest BCUT2D eigenvalue weighted by Gasteiger charge is 2.00. The number of rotatable bonds is 5. The molecule has 0 N–H and O–H groups in total. The van der Waals surface area contributed by atoms with E-state index in [1.165, 1.54) is 4.90 Å². The maximum atomic E-state index is 5.88. The SMILES string of the molecule is Clc1ncccc1OCCSc1ccccc1. The van der Waals surface area contributed by atoms with E-state index in [2.05, 4.69) is 17.1 Å². The number of hydrogen-bond acceptors (Lipinski definition) is 3. The van der Waals surface area contributed by atoms with Crippen molar-refractivity contribution < 1.29 is 4.74 Å². The van der Waals surface area contributed by atoms with Crippen LogP contribution < -0.4 is 4.74 Å². The summed E-state index contributed by atoms with van der Waals surface area (Å²) >= 11 is 7.63. The maximum absolute atomic E-state index is 5.88. The summed E-state index contributed by atoms with van der Waals surface area (Å²) in [7, 11) is 0. The molecule has 1 aromatic carbocycles. The van der Waals surface area contributed by atoms with Gasteiger partial charge in [0.1, 0.15) is 0 Å². The van der Waals surface area contributed by atoms with Crippen molar-refractivity contribution in [2.45, 2.75) is 4.90 Å². The molecular weight excluding hydrogens is 254 g/mol. The molecule has 0 amide bonds. The molecule has 0 saturated carbocycles. The van der Waals surface area contributed by atoms with Crippen LogP contribution in [0.25, 0.3) is 0 Å². The van der Waals surface area contributed by atoms with Gasteiger partial charge in [0, 0.05) is 16.8 Å². The van der Waals surface area contributed by atoms with Crippen LogP contribution in [0, 0.1) is 0 Å². The minimum absolute atomic E-state index is 0.414. The van der Waals surface area contributed by atoms with Crippen molar-refractivity contribution in [2.75, 3.05) is 12.4 Å². The summed E-state index contributed by atoms with van der Waals surface area (Å²) in [5.74, 6) is 1.53. The minimum Gasteiger partial charge on any atom is -0.489 e. The van der Waals surface area contributed by atoms with E-state index in [0.717, 1.165) is 5.75 Å². The van der Waals surface area contributed by atoms with Crippen molar-refractivity contribution in [3.05, 3.63) is 53.8 Å². The Morgan fingerprint density at radius 1 is 1.12 bits per heavy atom. The third kappa shape index (κ3) is 3.95. The molecule has 0 spiro atoms. The van der Waals surface area contributed by atoms with Gasteiger partial charge < -0.3 is 4.74 Å². The van der Waals surface area contributed by atoms with Crippen molar-refractivity contribution in [3.8, 4) is 5.75 Å². The van der Waals surface area contributed by atoms with Crippen LogP contribution in [0.5, 0.6) is 5.75 Å². The second kappa shape index (κ2) is 6.52. The molecule has 1 heterocycles. The van der Waals surface area contributed by atoms with E-state index in [4.69, 9.17) is 16.3 Å². The molecule has 0 fully saturated rings. The molecule has 0 radical (unpaired) electrons. The predicted molar refractivity (Wildman–Crippen MR) is 71.9 cm³/mol. The Bertz CT molecular complexity index is 464. The standard InChI is InChI=1S/C13H12ClNOS/c14-13-12(7-4-8-15-13)16-9-10-17-11-5-2-1-3-6-11/h1-8H,9-10H2. The number of pyridine rings is 1. The number of ether oxygens (including phenoxy) is 1. The molecule has 0 aliphatic heterocycles. The molecule has 0 aliphatic carbocycles. The third-order valence-electron chi connectivity index (χ3n) is 2.08. The van der Waals surface area contributed by atoms with Gasteiger partial charge in [-0.25, -0.2) is 4.98 Å². The van der Waals surface area contributed by atoms with Crippen molar-refractivity contribution in [2.24, 2.45) is 0 Å². The molecule has 0 aliphatic rings. The van der Waals surface area contributed by atoms with Crippen LogP contribution >= 0.6 is 23.4 Å². The summed E-state index contributed by atoms with van der Waals surface area (Å²) in [5.41, 5.74) is 0. The Morgan fingerprint density at radius 3 is 2.71 bits per heavy atom. The molecule has 88 valence electrons. The van der Waals surface area contributed by atoms with Crippen LogP contribution in [0.2, 0.25) is 5.15 Å². The second-order valence-corrected chi connectivity index (χ2v) is 4.83. The van der Waals surface area contributed by atoms with Crippen molar-refractivity contribution >= 4 is 23.4 Å². The molecular formula is C13H12ClNOS. The predicted octanol–water partition coefficient (Wildman–Crippen LogP) is 3.91. The fourth-order valence-corrected chi connectivity index (χ4v) is 2.23.